The van der Waals surface area contributed by atoms with Gasteiger partial charge in [-0.2, -0.15) is 0 Å². The highest BCUT2D eigenvalue weighted by molar-refractivity contribution is 6.32. The highest BCUT2D eigenvalue weighted by atomic mass is 16.1. The summed E-state index contributed by atoms with van der Waals surface area (Å²) in [6.45, 7) is 0. The van der Waals surface area contributed by atoms with Crippen molar-refractivity contribution in [2.75, 3.05) is 0 Å². The lowest BCUT2D eigenvalue weighted by Crippen LogP contribution is -2.19. The number of hydrogen-bond donors (Lipinski definition) is 0. The Labute approximate surface area is 274 Å². The summed E-state index contributed by atoms with van der Waals surface area (Å²) in [6, 6.07) is 53.5. The maximum Gasteiger partial charge on any atom is 0.263 e. The van der Waals surface area contributed by atoms with Gasteiger partial charge in [-0.1, -0.05) is 115 Å². The van der Waals surface area contributed by atoms with E-state index in [0.717, 1.165) is 76.7 Å². The number of pyridine rings is 1. The molecule has 0 saturated heterocycles. The lowest BCUT2D eigenvalue weighted by atomic mass is 9.95. The van der Waals surface area contributed by atoms with E-state index in [1.807, 2.05) is 83.4 Å². The normalized spacial score (nSPS) is 11.8. The zero-order chi connectivity index (χ0) is 31.8. The van der Waals surface area contributed by atoms with Gasteiger partial charge in [0, 0.05) is 43.6 Å². The van der Waals surface area contributed by atoms with E-state index >= 15 is 0 Å². The van der Waals surface area contributed by atoms with Crippen LogP contribution in [0, 0.1) is 0 Å². The van der Waals surface area contributed by atoms with Gasteiger partial charge in [-0.05, 0) is 53.2 Å². The third kappa shape index (κ3) is 3.76. The van der Waals surface area contributed by atoms with Crippen molar-refractivity contribution < 1.29 is 0 Å². The van der Waals surface area contributed by atoms with E-state index in [9.17, 15) is 4.79 Å². The first kappa shape index (κ1) is 26.6. The molecule has 0 aliphatic carbocycles. The van der Waals surface area contributed by atoms with E-state index in [1.54, 1.807) is 0 Å². The second-order valence-electron chi connectivity index (χ2n) is 12.1. The monoisotopic (exact) mass is 614 g/mol. The molecule has 0 N–H and O–H groups in total. The van der Waals surface area contributed by atoms with Gasteiger partial charge >= 0.3 is 0 Å². The van der Waals surface area contributed by atoms with E-state index in [0.29, 0.717) is 11.3 Å². The van der Waals surface area contributed by atoms with Crippen molar-refractivity contribution in [2.45, 2.75) is 0 Å². The van der Waals surface area contributed by atoms with Crippen LogP contribution in [-0.4, -0.2) is 19.1 Å². The van der Waals surface area contributed by atoms with E-state index < -0.39 is 0 Å². The van der Waals surface area contributed by atoms with Gasteiger partial charge in [0.1, 0.15) is 0 Å². The summed E-state index contributed by atoms with van der Waals surface area (Å²) >= 11 is 0. The summed E-state index contributed by atoms with van der Waals surface area (Å²) in [6.07, 6.45) is 0. The topological polar surface area (TPSA) is 52.7 Å². The molecule has 0 radical (unpaired) electrons. The lowest BCUT2D eigenvalue weighted by Gasteiger charge is -2.16. The molecule has 7 aromatic carbocycles. The summed E-state index contributed by atoms with van der Waals surface area (Å²) < 4.78 is 4.05. The van der Waals surface area contributed by atoms with E-state index in [-0.39, 0.29) is 5.56 Å². The molecule has 48 heavy (non-hydrogen) atoms. The van der Waals surface area contributed by atoms with Crippen LogP contribution in [-0.2, 0) is 0 Å². The van der Waals surface area contributed by atoms with Gasteiger partial charge in [0.05, 0.1) is 27.8 Å². The van der Waals surface area contributed by atoms with Crippen molar-refractivity contribution in [3.8, 4) is 22.9 Å². The Morgan fingerprint density at radius 2 is 1.00 bits per heavy atom. The molecule has 3 heterocycles. The van der Waals surface area contributed by atoms with Crippen LogP contribution >= 0.6 is 0 Å². The van der Waals surface area contributed by atoms with Crippen molar-refractivity contribution >= 4 is 65.2 Å². The molecule has 0 bridgehead atoms. The van der Waals surface area contributed by atoms with Crippen LogP contribution in [0.5, 0.6) is 0 Å². The second kappa shape index (κ2) is 10.2. The lowest BCUT2D eigenvalue weighted by molar-refractivity contribution is 1.01. The molecule has 0 amide bonds. The zero-order valence-electron chi connectivity index (χ0n) is 25.7. The first-order valence-corrected chi connectivity index (χ1v) is 16.1. The van der Waals surface area contributed by atoms with E-state index in [4.69, 9.17) is 9.97 Å². The van der Waals surface area contributed by atoms with Gasteiger partial charge in [-0.25, -0.2) is 9.97 Å². The third-order valence-corrected chi connectivity index (χ3v) is 9.52. The predicted octanol–water partition coefficient (Wildman–Crippen LogP) is 10.0. The smallest absolute Gasteiger partial charge is 0.263 e. The number of para-hydroxylation sites is 3. The molecular weight excluding hydrogens is 589 g/mol. The first-order chi connectivity index (χ1) is 23.8. The van der Waals surface area contributed by atoms with Gasteiger partial charge < -0.3 is 0 Å². The molecule has 0 spiro atoms. The Balaban J connectivity index is 1.40. The summed E-state index contributed by atoms with van der Waals surface area (Å²) in [5.41, 5.74) is 6.53. The Kier molecular flexibility index (Phi) is 5.66. The number of hydrogen-bond acceptors (Lipinski definition) is 3. The number of aromatic nitrogens is 4. The molecule has 224 valence electrons. The molecule has 10 rings (SSSR count). The third-order valence-electron chi connectivity index (χ3n) is 9.52. The molecule has 5 nitrogen and oxygen atoms in total. The van der Waals surface area contributed by atoms with Gasteiger partial charge in [-0.3, -0.25) is 13.9 Å². The number of benzene rings is 7. The van der Waals surface area contributed by atoms with Crippen LogP contribution in [0.4, 0.5) is 0 Å². The minimum absolute atomic E-state index is 0.0312. The average molecular weight is 615 g/mol. The Hall–Kier alpha value is -6.59. The maximum atomic E-state index is 14.1. The van der Waals surface area contributed by atoms with Crippen molar-refractivity contribution in [2.24, 2.45) is 0 Å². The number of nitrogens with zero attached hydrogens (tertiary/aromatic N) is 4. The Bertz CT molecular complexity index is 2960. The second-order valence-corrected chi connectivity index (χ2v) is 12.1. The van der Waals surface area contributed by atoms with Crippen molar-refractivity contribution in [3.05, 3.63) is 168 Å². The van der Waals surface area contributed by atoms with Crippen LogP contribution in [0.2, 0.25) is 0 Å². The van der Waals surface area contributed by atoms with E-state index in [2.05, 4.69) is 83.4 Å². The van der Waals surface area contributed by atoms with E-state index in [1.165, 1.54) is 0 Å². The maximum absolute atomic E-state index is 14.1. The minimum atomic E-state index is -0.0312. The molecule has 10 aromatic rings. The SMILES string of the molecule is O=c1c2ccccc2c2c3c(ccc2n1-c1ccccc1)ccc1c3c2ccccc2n1-c1nc(-c2ccccc2)c2ccccc2n1. The summed E-state index contributed by atoms with van der Waals surface area (Å²) in [7, 11) is 0. The molecule has 0 atom stereocenters. The molecular formula is C43H26N4O. The predicted molar refractivity (Wildman–Crippen MR) is 197 cm³/mol. The summed E-state index contributed by atoms with van der Waals surface area (Å²) in [5, 5.41) is 8.09. The fraction of sp³-hybridized carbons (Fsp3) is 0. The highest BCUT2D eigenvalue weighted by Gasteiger charge is 2.22. The highest BCUT2D eigenvalue weighted by Crippen LogP contribution is 2.42. The minimum Gasteiger partial charge on any atom is -0.278 e. The average Bonchev–Trinajstić information content (AvgIpc) is 3.50. The van der Waals surface area contributed by atoms with Crippen LogP contribution in [0.1, 0.15) is 0 Å². The quantitative estimate of drug-likeness (QED) is 0.186. The first-order valence-electron chi connectivity index (χ1n) is 16.1. The molecule has 0 aliphatic rings. The van der Waals surface area contributed by atoms with Gasteiger partial charge in [0.2, 0.25) is 5.95 Å². The molecule has 0 saturated carbocycles. The van der Waals surface area contributed by atoms with Gasteiger partial charge in [0.15, 0.2) is 0 Å². The molecule has 0 aliphatic heterocycles. The number of fused-ring (bicyclic) bond motifs is 10. The standard InChI is InChI=1S/C43H26N4O/c48-42-31-18-8-7-17-30(31)39-36(46(42)29-15-5-2-6-16-29)25-23-27-24-26-37-40(38(27)39)33-20-10-12-22-35(33)47(37)43-44-34-21-11-9-19-32(34)41(45-43)28-13-3-1-4-14-28/h1-26H. The fourth-order valence-corrected chi connectivity index (χ4v) is 7.47. The van der Waals surface area contributed by atoms with Crippen molar-refractivity contribution in [3.63, 3.8) is 0 Å². The zero-order valence-corrected chi connectivity index (χ0v) is 25.7. The van der Waals surface area contributed by atoms with Gasteiger partial charge in [0.25, 0.3) is 5.56 Å². The van der Waals surface area contributed by atoms with Crippen LogP contribution in [0.15, 0.2) is 163 Å². The fourth-order valence-electron chi connectivity index (χ4n) is 7.47. The summed E-state index contributed by atoms with van der Waals surface area (Å²) in [4.78, 5) is 24.6. The Morgan fingerprint density at radius 3 is 1.77 bits per heavy atom. The summed E-state index contributed by atoms with van der Waals surface area (Å²) in [5.74, 6) is 0.615. The van der Waals surface area contributed by atoms with Crippen molar-refractivity contribution in [1.82, 2.24) is 19.1 Å². The van der Waals surface area contributed by atoms with Gasteiger partial charge in [-0.15, -0.1) is 0 Å². The molecule has 0 fully saturated rings. The molecule has 3 aromatic heterocycles. The van der Waals surface area contributed by atoms with Crippen LogP contribution in [0.25, 0.3) is 88.0 Å². The van der Waals surface area contributed by atoms with Crippen LogP contribution in [0.3, 0.4) is 0 Å². The van der Waals surface area contributed by atoms with Crippen LogP contribution < -0.4 is 5.56 Å². The molecule has 5 heteroatoms. The largest absolute Gasteiger partial charge is 0.278 e. The molecule has 0 unspecified atom stereocenters. The van der Waals surface area contributed by atoms with Crippen molar-refractivity contribution in [1.29, 1.82) is 0 Å². The Morgan fingerprint density at radius 1 is 0.417 bits per heavy atom. The number of rotatable bonds is 3.